The number of benzene rings is 5. The van der Waals surface area contributed by atoms with E-state index in [0.717, 1.165) is 34.1 Å². The van der Waals surface area contributed by atoms with Crippen LogP contribution in [0.25, 0.3) is 43.6 Å². The number of halogens is 1. The molecule has 7 aromatic rings. The number of anilines is 2. The second kappa shape index (κ2) is 13.9. The molecule has 8 rings (SSSR count). The summed E-state index contributed by atoms with van der Waals surface area (Å²) < 4.78 is 40.0. The van der Waals surface area contributed by atoms with E-state index >= 15 is 0 Å². The lowest BCUT2D eigenvalue weighted by Gasteiger charge is -2.27. The Kier molecular flexibility index (Phi) is 9.34. The van der Waals surface area contributed by atoms with Crippen LogP contribution in [-0.4, -0.2) is 9.55 Å². The topological polar surface area (TPSA) is 117 Å². The zero-order chi connectivity index (χ0) is 35.8. The average Bonchev–Trinajstić information content (AvgIpc) is 3.76. The largest absolute Gasteiger partial charge is 0.313 e. The van der Waals surface area contributed by atoms with E-state index < -0.39 is 10.2 Å². The van der Waals surface area contributed by atoms with Crippen molar-refractivity contribution in [3.05, 3.63) is 157 Å². The number of rotatable bonds is 6. The molecule has 0 unspecified atom stereocenters. The molecule has 0 spiro atoms. The summed E-state index contributed by atoms with van der Waals surface area (Å²) in [6.45, 7) is 7.71. The molecule has 0 bridgehead atoms. The van der Waals surface area contributed by atoms with Crippen molar-refractivity contribution in [2.24, 2.45) is 0 Å². The Labute approximate surface area is 302 Å². The molecule has 0 aliphatic carbocycles. The Balaban J connectivity index is 0.000000761. The van der Waals surface area contributed by atoms with E-state index in [4.69, 9.17) is 23.6 Å². The monoisotopic (exact) mass is 714 g/mol. The molecule has 8 nitrogen and oxygen atoms in total. The molecule has 1 aliphatic rings. The van der Waals surface area contributed by atoms with Crippen LogP contribution in [0.1, 0.15) is 32.2 Å². The predicted molar refractivity (Wildman–Crippen MR) is 193 cm³/mol. The van der Waals surface area contributed by atoms with Crippen LogP contribution in [0.3, 0.4) is 0 Å². The van der Waals surface area contributed by atoms with E-state index in [1.807, 2.05) is 0 Å². The second-order valence-corrected chi connectivity index (χ2v) is 14.4. The van der Waals surface area contributed by atoms with Crippen LogP contribution in [0.4, 0.5) is 11.4 Å². The summed E-state index contributed by atoms with van der Waals surface area (Å²) in [5, 5.41) is 1.05. The number of nitrogens with zero attached hydrogens (tertiary/aromatic N) is 4. The summed E-state index contributed by atoms with van der Waals surface area (Å²) in [6, 6.07) is 45.3. The van der Waals surface area contributed by atoms with Crippen LogP contribution in [-0.2, 0) is 12.0 Å². The maximum absolute atomic E-state index is 8.49. The third-order valence-electron chi connectivity index (χ3n) is 9.10. The van der Waals surface area contributed by atoms with Crippen molar-refractivity contribution < 1.29 is 33.4 Å². The zero-order valence-electron chi connectivity index (χ0n) is 28.3. The molecule has 2 aromatic heterocycles. The molecule has 1 aliphatic heterocycles. The van der Waals surface area contributed by atoms with Gasteiger partial charge in [-0.1, -0.05) is 86.7 Å². The fraction of sp³-hybridized carbons (Fsp3) is 0.122. The van der Waals surface area contributed by atoms with Gasteiger partial charge >= 0.3 is 0 Å². The molecular weight excluding hydrogens is 680 g/mol. The Morgan fingerprint density at radius 2 is 1.41 bits per heavy atom. The Hall–Kier alpha value is -5.13. The minimum Gasteiger partial charge on any atom is -0.313 e. The maximum Gasteiger partial charge on any atom is 0.287 e. The summed E-state index contributed by atoms with van der Waals surface area (Å²) >= 11 is 1.75. The molecule has 0 atom stereocenters. The lowest BCUT2D eigenvalue weighted by atomic mass is 9.84. The van der Waals surface area contributed by atoms with Crippen molar-refractivity contribution in [2.45, 2.75) is 32.7 Å². The highest BCUT2D eigenvalue weighted by molar-refractivity contribution is 7.21. The maximum atomic E-state index is 8.49. The van der Waals surface area contributed by atoms with Gasteiger partial charge in [-0.15, -0.1) is 21.6 Å². The van der Waals surface area contributed by atoms with Crippen LogP contribution >= 0.6 is 11.3 Å². The van der Waals surface area contributed by atoms with E-state index in [-0.39, 0.29) is 5.41 Å². The molecule has 3 heterocycles. The SMILES string of the molecule is CC[n+]1c(/C=C/C=C2/N(c3ccccc3)c3ccccc3C2(C)C)n(-c2ccccc2)c2ccc(-c3nc4ccccc4s3)cc21.[O-][Cl+3]([O-])([O-])[O-]. The van der Waals surface area contributed by atoms with Crippen molar-refractivity contribution in [3.8, 4) is 16.3 Å². The molecule has 256 valence electrons. The number of aryl methyl sites for hydroxylation is 1. The smallest absolute Gasteiger partial charge is 0.287 e. The van der Waals surface area contributed by atoms with E-state index in [9.17, 15) is 0 Å². The van der Waals surface area contributed by atoms with Gasteiger partial charge in [0, 0.05) is 34.1 Å². The second-order valence-electron chi connectivity index (χ2n) is 12.6. The van der Waals surface area contributed by atoms with E-state index in [1.54, 1.807) is 11.3 Å². The highest BCUT2D eigenvalue weighted by atomic mass is 35.7. The van der Waals surface area contributed by atoms with E-state index in [0.29, 0.717) is 0 Å². The fourth-order valence-corrected chi connectivity index (χ4v) is 7.84. The lowest BCUT2D eigenvalue weighted by molar-refractivity contribution is -2.00. The number of imidazole rings is 1. The van der Waals surface area contributed by atoms with E-state index in [2.05, 4.69) is 180 Å². The summed E-state index contributed by atoms with van der Waals surface area (Å²) in [5.41, 5.74) is 10.5. The van der Waals surface area contributed by atoms with Crippen molar-refractivity contribution >= 4 is 50.0 Å². The zero-order valence-corrected chi connectivity index (χ0v) is 29.8. The highest BCUT2D eigenvalue weighted by Crippen LogP contribution is 2.51. The molecule has 0 radical (unpaired) electrons. The van der Waals surface area contributed by atoms with Crippen LogP contribution < -0.4 is 28.1 Å². The van der Waals surface area contributed by atoms with Gasteiger partial charge in [0.15, 0.2) is 11.0 Å². The first-order valence-electron chi connectivity index (χ1n) is 16.5. The van der Waals surface area contributed by atoms with Gasteiger partial charge in [-0.2, -0.15) is 4.57 Å². The molecule has 10 heteroatoms. The number of thiazole rings is 1. The predicted octanol–water partition coefficient (Wildman–Crippen LogP) is 5.49. The van der Waals surface area contributed by atoms with E-state index in [1.165, 1.54) is 38.4 Å². The van der Waals surface area contributed by atoms with Crippen LogP contribution in [0.15, 0.2) is 145 Å². The average molecular weight is 715 g/mol. The summed E-state index contributed by atoms with van der Waals surface area (Å²) in [6.07, 6.45) is 6.79. The quantitative estimate of drug-likeness (QED) is 0.211. The molecule has 0 fully saturated rings. The summed E-state index contributed by atoms with van der Waals surface area (Å²) in [7, 11) is -4.94. The van der Waals surface area contributed by atoms with Gasteiger partial charge in [-0.05, 0) is 79.2 Å². The van der Waals surface area contributed by atoms with Gasteiger partial charge in [0.2, 0.25) is 0 Å². The number of allylic oxidation sites excluding steroid dienone is 3. The van der Waals surface area contributed by atoms with Gasteiger partial charge in [-0.3, -0.25) is 0 Å². The van der Waals surface area contributed by atoms with Gasteiger partial charge in [0.05, 0.1) is 16.8 Å². The fourth-order valence-electron chi connectivity index (χ4n) is 6.88. The molecule has 0 N–H and O–H groups in total. The molecular formula is C41H35ClN4O4S. The third kappa shape index (κ3) is 6.83. The standard InChI is InChI=1S/C41H35N4S.ClHO4/c1-4-43-36-28-29(40-42-33-21-12-14-23-37(33)46-40)26-27-35(36)45(31-18-9-6-10-19-31)39(43)25-15-24-38-41(2,3)32-20-11-13-22-34(32)44(38)30-16-7-5-8-17-30;2-1(3,4)5/h5-28H,4H2,1-3H3;(H,2,3,4,5)/q+1;/p-1. The van der Waals surface area contributed by atoms with Crippen molar-refractivity contribution in [1.29, 1.82) is 0 Å². The van der Waals surface area contributed by atoms with Crippen LogP contribution in [0, 0.1) is 10.2 Å². The Morgan fingerprint density at radius 3 is 2.10 bits per heavy atom. The Bertz CT molecular complexity index is 2360. The number of para-hydroxylation sites is 4. The molecule has 0 amide bonds. The first-order chi connectivity index (χ1) is 24.5. The highest BCUT2D eigenvalue weighted by Gasteiger charge is 2.40. The minimum atomic E-state index is -4.94. The summed E-state index contributed by atoms with van der Waals surface area (Å²) in [5.74, 6) is 1.13. The molecule has 0 saturated heterocycles. The number of hydrogen-bond donors (Lipinski definition) is 0. The number of aromatic nitrogens is 3. The molecule has 5 aromatic carbocycles. The van der Waals surface area contributed by atoms with Gasteiger partial charge in [0.1, 0.15) is 10.7 Å². The molecule has 51 heavy (non-hydrogen) atoms. The summed E-state index contributed by atoms with van der Waals surface area (Å²) in [4.78, 5) is 7.37. The van der Waals surface area contributed by atoms with Gasteiger partial charge in [0.25, 0.3) is 5.82 Å². The normalized spacial score (nSPS) is 14.7. The number of hydrogen-bond acceptors (Lipinski definition) is 7. The van der Waals surface area contributed by atoms with Crippen molar-refractivity contribution in [3.63, 3.8) is 0 Å². The van der Waals surface area contributed by atoms with Gasteiger partial charge < -0.3 is 4.90 Å². The van der Waals surface area contributed by atoms with Crippen molar-refractivity contribution in [1.82, 2.24) is 9.55 Å². The Morgan fingerprint density at radius 1 is 0.784 bits per heavy atom. The molecule has 0 saturated carbocycles. The number of fused-ring (bicyclic) bond motifs is 3. The van der Waals surface area contributed by atoms with Crippen molar-refractivity contribution in [2.75, 3.05) is 4.90 Å². The first-order valence-corrected chi connectivity index (χ1v) is 18.5. The van der Waals surface area contributed by atoms with Gasteiger partial charge in [-0.25, -0.2) is 28.2 Å². The first kappa shape index (κ1) is 34.3. The van der Waals surface area contributed by atoms with Crippen LogP contribution in [0.2, 0.25) is 0 Å². The minimum absolute atomic E-state index is 0.157. The van der Waals surface area contributed by atoms with Crippen LogP contribution in [0.5, 0.6) is 0 Å². The third-order valence-corrected chi connectivity index (χ3v) is 10.2. The lowest BCUT2D eigenvalue weighted by Crippen LogP contribution is -2.68.